The Bertz CT molecular complexity index is 480. The van der Waals surface area contributed by atoms with Gasteiger partial charge in [-0.15, -0.1) is 0 Å². The number of anilines is 1. The molecule has 0 aliphatic carbocycles. The van der Waals surface area contributed by atoms with E-state index in [2.05, 4.69) is 4.98 Å². The molecule has 1 heterocycles. The van der Waals surface area contributed by atoms with E-state index < -0.39 is 0 Å². The van der Waals surface area contributed by atoms with E-state index in [0.717, 1.165) is 16.3 Å². The maximum Gasteiger partial charge on any atom is 0.223 e. The minimum atomic E-state index is 0.528. The van der Waals surface area contributed by atoms with Crippen molar-refractivity contribution in [3.63, 3.8) is 0 Å². The molecule has 0 atom stereocenters. The Morgan fingerprint density at radius 1 is 1.21 bits per heavy atom. The van der Waals surface area contributed by atoms with Crippen LogP contribution in [-0.2, 0) is 0 Å². The van der Waals surface area contributed by atoms with Gasteiger partial charge in [0.15, 0.2) is 0 Å². The molecular formula is C11H12N2O. The van der Waals surface area contributed by atoms with Crippen molar-refractivity contribution in [1.29, 1.82) is 0 Å². The minimum Gasteiger partial charge on any atom is -0.480 e. The molecule has 0 fully saturated rings. The second-order valence-electron chi connectivity index (χ2n) is 3.18. The van der Waals surface area contributed by atoms with E-state index in [1.54, 1.807) is 7.11 Å². The molecule has 2 N–H and O–H groups in total. The number of hydrogen-bond acceptors (Lipinski definition) is 3. The van der Waals surface area contributed by atoms with Crippen LogP contribution in [0.4, 0.5) is 5.82 Å². The summed E-state index contributed by atoms with van der Waals surface area (Å²) in [6, 6.07) is 7.94. The van der Waals surface area contributed by atoms with Gasteiger partial charge in [0.1, 0.15) is 5.82 Å². The number of ether oxygens (including phenoxy) is 1. The van der Waals surface area contributed by atoms with E-state index in [0.29, 0.717) is 11.7 Å². The zero-order valence-electron chi connectivity index (χ0n) is 8.24. The fourth-order valence-electron chi connectivity index (χ4n) is 1.54. The largest absolute Gasteiger partial charge is 0.480 e. The maximum atomic E-state index is 5.77. The van der Waals surface area contributed by atoms with E-state index >= 15 is 0 Å². The third kappa shape index (κ3) is 1.18. The van der Waals surface area contributed by atoms with Crippen LogP contribution in [0.25, 0.3) is 10.8 Å². The molecule has 2 aromatic rings. The summed E-state index contributed by atoms with van der Waals surface area (Å²) in [6.07, 6.45) is 0. The molecule has 1 aromatic carbocycles. The summed E-state index contributed by atoms with van der Waals surface area (Å²) in [5.74, 6) is 1.12. The number of aromatic nitrogens is 1. The van der Waals surface area contributed by atoms with Crippen LogP contribution in [0.15, 0.2) is 24.3 Å². The van der Waals surface area contributed by atoms with Crippen molar-refractivity contribution in [2.24, 2.45) is 0 Å². The van der Waals surface area contributed by atoms with Crippen molar-refractivity contribution in [1.82, 2.24) is 4.98 Å². The third-order valence-corrected chi connectivity index (χ3v) is 2.36. The van der Waals surface area contributed by atoms with Gasteiger partial charge in [0.05, 0.1) is 7.11 Å². The molecule has 1 aromatic heterocycles. The lowest BCUT2D eigenvalue weighted by molar-refractivity contribution is 0.404. The first-order valence-electron chi connectivity index (χ1n) is 4.43. The minimum absolute atomic E-state index is 0.528. The van der Waals surface area contributed by atoms with Gasteiger partial charge in [-0.2, -0.15) is 4.98 Å². The number of rotatable bonds is 1. The molecule has 72 valence electrons. The summed E-state index contributed by atoms with van der Waals surface area (Å²) >= 11 is 0. The number of nitrogens with two attached hydrogens (primary N) is 1. The summed E-state index contributed by atoms with van der Waals surface area (Å²) in [6.45, 7) is 1.96. The van der Waals surface area contributed by atoms with Crippen molar-refractivity contribution in [2.45, 2.75) is 6.92 Å². The molecule has 0 radical (unpaired) electrons. The van der Waals surface area contributed by atoms with Gasteiger partial charge in [0.25, 0.3) is 0 Å². The Kier molecular flexibility index (Phi) is 2.00. The Labute approximate surface area is 82.5 Å². The molecule has 0 spiro atoms. The predicted octanol–water partition coefficient (Wildman–Crippen LogP) is 2.13. The van der Waals surface area contributed by atoms with Crippen LogP contribution >= 0.6 is 0 Å². The van der Waals surface area contributed by atoms with E-state index in [1.807, 2.05) is 31.2 Å². The predicted molar refractivity (Wildman–Crippen MR) is 57.4 cm³/mol. The number of aryl methyl sites for hydroxylation is 1. The lowest BCUT2D eigenvalue weighted by Crippen LogP contribution is -1.98. The average molecular weight is 188 g/mol. The smallest absolute Gasteiger partial charge is 0.223 e. The molecule has 2 rings (SSSR count). The van der Waals surface area contributed by atoms with Gasteiger partial charge in [-0.3, -0.25) is 0 Å². The van der Waals surface area contributed by atoms with Gasteiger partial charge in [0, 0.05) is 5.39 Å². The quantitative estimate of drug-likeness (QED) is 0.745. The van der Waals surface area contributed by atoms with Crippen molar-refractivity contribution in [2.75, 3.05) is 12.8 Å². The van der Waals surface area contributed by atoms with Gasteiger partial charge in [0.2, 0.25) is 5.88 Å². The number of pyridine rings is 1. The highest BCUT2D eigenvalue weighted by Crippen LogP contribution is 2.28. The first kappa shape index (κ1) is 8.81. The monoisotopic (exact) mass is 188 g/mol. The average Bonchev–Trinajstić information content (AvgIpc) is 2.23. The normalized spacial score (nSPS) is 10.4. The van der Waals surface area contributed by atoms with E-state index in [9.17, 15) is 0 Å². The van der Waals surface area contributed by atoms with Crippen LogP contribution < -0.4 is 10.5 Å². The maximum absolute atomic E-state index is 5.77. The van der Waals surface area contributed by atoms with Crippen LogP contribution in [-0.4, -0.2) is 12.1 Å². The van der Waals surface area contributed by atoms with Crippen molar-refractivity contribution in [3.8, 4) is 5.88 Å². The first-order chi connectivity index (χ1) is 6.74. The third-order valence-electron chi connectivity index (χ3n) is 2.36. The Hall–Kier alpha value is -1.77. The number of fused-ring (bicyclic) bond motifs is 1. The molecule has 0 bridgehead atoms. The second kappa shape index (κ2) is 3.18. The number of benzene rings is 1. The van der Waals surface area contributed by atoms with Crippen LogP contribution in [0, 0.1) is 6.92 Å². The fraction of sp³-hybridized carbons (Fsp3) is 0.182. The zero-order valence-corrected chi connectivity index (χ0v) is 8.24. The highest BCUT2D eigenvalue weighted by Gasteiger charge is 2.07. The SMILES string of the molecule is COc1nc(N)c(C)c2ccccc12. The van der Waals surface area contributed by atoms with Gasteiger partial charge in [-0.25, -0.2) is 0 Å². The summed E-state index contributed by atoms with van der Waals surface area (Å²) < 4.78 is 5.17. The standard InChI is InChI=1S/C11H12N2O/c1-7-8-5-3-4-6-9(8)11(14-2)13-10(7)12/h3-6H,1-2H3,(H2,12,13). The topological polar surface area (TPSA) is 48.1 Å². The van der Waals surface area contributed by atoms with Crippen LogP contribution in [0.1, 0.15) is 5.56 Å². The summed E-state index contributed by atoms with van der Waals surface area (Å²) in [4.78, 5) is 4.17. The Morgan fingerprint density at radius 3 is 2.50 bits per heavy atom. The molecule has 0 unspecified atom stereocenters. The number of nitrogens with zero attached hydrogens (tertiary/aromatic N) is 1. The van der Waals surface area contributed by atoms with Crippen LogP contribution in [0.3, 0.4) is 0 Å². The van der Waals surface area contributed by atoms with Crippen LogP contribution in [0.2, 0.25) is 0 Å². The summed E-state index contributed by atoms with van der Waals surface area (Å²) in [5.41, 5.74) is 6.77. The summed E-state index contributed by atoms with van der Waals surface area (Å²) in [5, 5.41) is 2.10. The van der Waals surface area contributed by atoms with Crippen molar-refractivity contribution in [3.05, 3.63) is 29.8 Å². The first-order valence-corrected chi connectivity index (χ1v) is 4.43. The Balaban J connectivity index is 2.89. The lowest BCUT2D eigenvalue weighted by Gasteiger charge is -2.08. The molecule has 3 heteroatoms. The highest BCUT2D eigenvalue weighted by molar-refractivity contribution is 5.92. The Morgan fingerprint density at radius 2 is 1.86 bits per heavy atom. The molecular weight excluding hydrogens is 176 g/mol. The zero-order chi connectivity index (χ0) is 10.1. The van der Waals surface area contributed by atoms with E-state index in [-0.39, 0.29) is 0 Å². The molecule has 0 saturated carbocycles. The summed E-state index contributed by atoms with van der Waals surface area (Å²) in [7, 11) is 1.60. The number of nitrogen functional groups attached to an aromatic ring is 1. The molecule has 0 amide bonds. The van der Waals surface area contributed by atoms with E-state index in [4.69, 9.17) is 10.5 Å². The number of hydrogen-bond donors (Lipinski definition) is 1. The van der Waals surface area contributed by atoms with Gasteiger partial charge >= 0.3 is 0 Å². The molecule has 0 saturated heterocycles. The second-order valence-corrected chi connectivity index (χ2v) is 3.18. The van der Waals surface area contributed by atoms with E-state index in [1.165, 1.54) is 0 Å². The number of methoxy groups -OCH3 is 1. The van der Waals surface area contributed by atoms with Gasteiger partial charge < -0.3 is 10.5 Å². The lowest BCUT2D eigenvalue weighted by atomic mass is 10.1. The molecule has 14 heavy (non-hydrogen) atoms. The molecule has 0 aliphatic rings. The van der Waals surface area contributed by atoms with Crippen LogP contribution in [0.5, 0.6) is 5.88 Å². The van der Waals surface area contributed by atoms with Gasteiger partial charge in [-0.05, 0) is 23.9 Å². The van der Waals surface area contributed by atoms with Crippen molar-refractivity contribution < 1.29 is 4.74 Å². The van der Waals surface area contributed by atoms with Crippen molar-refractivity contribution >= 4 is 16.6 Å². The van der Waals surface area contributed by atoms with Gasteiger partial charge in [-0.1, -0.05) is 18.2 Å². The molecule has 0 aliphatic heterocycles. The molecule has 3 nitrogen and oxygen atoms in total. The highest BCUT2D eigenvalue weighted by atomic mass is 16.5. The fourth-order valence-corrected chi connectivity index (χ4v) is 1.54.